The number of aromatic nitrogens is 2. The molecule has 0 radical (unpaired) electrons. The summed E-state index contributed by atoms with van der Waals surface area (Å²) in [6.45, 7) is 0. The van der Waals surface area contributed by atoms with Crippen LogP contribution in [0.3, 0.4) is 0 Å². The number of hydrogen-bond acceptors (Lipinski definition) is 4. The number of nitrogen functional groups attached to an aromatic ring is 1. The summed E-state index contributed by atoms with van der Waals surface area (Å²) in [7, 11) is -2.98. The summed E-state index contributed by atoms with van der Waals surface area (Å²) >= 11 is 5.59. The lowest BCUT2D eigenvalue weighted by Gasteiger charge is -2.13. The van der Waals surface area contributed by atoms with Crippen LogP contribution in [0.25, 0.3) is 22.0 Å². The molecule has 0 aliphatic carbocycles. The van der Waals surface area contributed by atoms with Crippen LogP contribution < -0.4 is 10.5 Å². The van der Waals surface area contributed by atoms with Crippen molar-refractivity contribution in [3.05, 3.63) is 47.0 Å². The lowest BCUT2D eigenvalue weighted by atomic mass is 10.0. The molecular weight excluding hydrogens is 331 g/mol. The second-order valence-corrected chi connectivity index (χ2v) is 4.92. The Morgan fingerprint density at radius 3 is 2.70 bits per heavy atom. The van der Waals surface area contributed by atoms with Crippen molar-refractivity contribution >= 4 is 28.3 Å². The SMILES string of the molecule is [2H]C([2H])([2H])Oc1cc(-c2ccc(F)c(Cl)c2F)c2ncnc(N)c2c1F. The number of hydrogen-bond donors (Lipinski definition) is 1. The maximum atomic E-state index is 14.7. The number of nitrogens with zero attached hydrogens (tertiary/aromatic N) is 2. The molecule has 0 unspecified atom stereocenters. The van der Waals surface area contributed by atoms with E-state index in [1.54, 1.807) is 0 Å². The number of halogens is 4. The highest BCUT2D eigenvalue weighted by Crippen LogP contribution is 2.39. The largest absolute Gasteiger partial charge is 0.494 e. The highest BCUT2D eigenvalue weighted by molar-refractivity contribution is 6.31. The normalized spacial score (nSPS) is 13.5. The minimum atomic E-state index is -2.98. The standard InChI is InChI=1S/C15H9ClF3N3O/c1-23-9-4-7(6-2-3-8(17)11(16)12(6)18)14-10(13(9)19)15(20)22-5-21-14/h2-5H,1H3,(H2,20,21,22)/i1D3. The fraction of sp³-hybridized carbons (Fsp3) is 0.0667. The summed E-state index contributed by atoms with van der Waals surface area (Å²) < 4.78 is 68.7. The van der Waals surface area contributed by atoms with Gasteiger partial charge in [-0.1, -0.05) is 11.6 Å². The quantitative estimate of drug-likeness (QED) is 0.716. The third-order valence-electron chi connectivity index (χ3n) is 3.28. The van der Waals surface area contributed by atoms with Gasteiger partial charge < -0.3 is 10.5 Å². The van der Waals surface area contributed by atoms with Crippen molar-refractivity contribution in [1.82, 2.24) is 9.97 Å². The first kappa shape index (κ1) is 12.0. The van der Waals surface area contributed by atoms with Crippen molar-refractivity contribution in [2.45, 2.75) is 0 Å². The number of nitrogens with two attached hydrogens (primary N) is 1. The smallest absolute Gasteiger partial charge is 0.178 e. The van der Waals surface area contributed by atoms with Crippen molar-refractivity contribution in [2.75, 3.05) is 12.8 Å². The molecule has 4 nitrogen and oxygen atoms in total. The van der Waals surface area contributed by atoms with Gasteiger partial charge in [-0.15, -0.1) is 0 Å². The molecule has 3 aromatic rings. The molecule has 0 fully saturated rings. The van der Waals surface area contributed by atoms with Gasteiger partial charge in [-0.05, 0) is 18.2 Å². The van der Waals surface area contributed by atoms with Gasteiger partial charge in [0.25, 0.3) is 0 Å². The van der Waals surface area contributed by atoms with Crippen molar-refractivity contribution in [3.63, 3.8) is 0 Å². The van der Waals surface area contributed by atoms with E-state index in [0.717, 1.165) is 24.5 Å². The van der Waals surface area contributed by atoms with Crippen LogP contribution in [0.2, 0.25) is 5.02 Å². The molecule has 8 heteroatoms. The van der Waals surface area contributed by atoms with Gasteiger partial charge in [-0.25, -0.2) is 23.1 Å². The van der Waals surface area contributed by atoms with Gasteiger partial charge in [-0.3, -0.25) is 0 Å². The Bertz CT molecular complexity index is 1030. The molecule has 0 bridgehead atoms. The molecule has 0 aliphatic heterocycles. The second-order valence-electron chi connectivity index (χ2n) is 4.54. The van der Waals surface area contributed by atoms with E-state index >= 15 is 0 Å². The van der Waals surface area contributed by atoms with E-state index in [1.165, 1.54) is 0 Å². The summed E-state index contributed by atoms with van der Waals surface area (Å²) in [5.74, 6) is -4.26. The highest BCUT2D eigenvalue weighted by atomic mass is 35.5. The average molecular weight is 343 g/mol. The molecule has 2 N–H and O–H groups in total. The first-order chi connectivity index (χ1) is 12.1. The third-order valence-corrected chi connectivity index (χ3v) is 3.62. The van der Waals surface area contributed by atoms with Crippen LogP contribution in [0.4, 0.5) is 19.0 Å². The first-order valence-electron chi connectivity index (χ1n) is 7.65. The highest BCUT2D eigenvalue weighted by Gasteiger charge is 2.21. The summed E-state index contributed by atoms with van der Waals surface area (Å²) in [6, 6.07) is 2.90. The van der Waals surface area contributed by atoms with Gasteiger partial charge in [0.05, 0.1) is 22.1 Å². The number of benzene rings is 2. The van der Waals surface area contributed by atoms with Crippen LogP contribution in [0.1, 0.15) is 4.11 Å². The van der Waals surface area contributed by atoms with Gasteiger partial charge >= 0.3 is 0 Å². The number of anilines is 1. The monoisotopic (exact) mass is 342 g/mol. The fourth-order valence-corrected chi connectivity index (χ4v) is 2.38. The maximum Gasteiger partial charge on any atom is 0.178 e. The molecule has 23 heavy (non-hydrogen) atoms. The Morgan fingerprint density at radius 2 is 1.96 bits per heavy atom. The zero-order valence-corrected chi connectivity index (χ0v) is 12.0. The number of ether oxygens (including phenoxy) is 1. The Morgan fingerprint density at radius 1 is 1.17 bits per heavy atom. The van der Waals surface area contributed by atoms with Crippen LogP contribution in [-0.2, 0) is 0 Å². The van der Waals surface area contributed by atoms with Crippen LogP contribution in [0.15, 0.2) is 24.5 Å². The van der Waals surface area contributed by atoms with E-state index in [-0.39, 0.29) is 27.8 Å². The number of fused-ring (bicyclic) bond motifs is 1. The van der Waals surface area contributed by atoms with Gasteiger partial charge in [-0.2, -0.15) is 0 Å². The molecule has 1 heterocycles. The molecular formula is C15H9ClF3N3O. The molecule has 3 rings (SSSR count). The molecule has 0 saturated heterocycles. The molecule has 0 amide bonds. The Kier molecular flexibility index (Phi) is 2.90. The van der Waals surface area contributed by atoms with E-state index < -0.39 is 35.3 Å². The lowest BCUT2D eigenvalue weighted by Crippen LogP contribution is -2.01. The minimum absolute atomic E-state index is 0.0887. The Hall–Kier alpha value is -2.54. The number of rotatable bonds is 2. The summed E-state index contributed by atoms with van der Waals surface area (Å²) in [6.07, 6.45) is 1.02. The maximum absolute atomic E-state index is 14.7. The topological polar surface area (TPSA) is 61.0 Å². The van der Waals surface area contributed by atoms with E-state index in [1.807, 2.05) is 0 Å². The fourth-order valence-electron chi connectivity index (χ4n) is 2.22. The predicted molar refractivity (Wildman–Crippen MR) is 80.8 cm³/mol. The van der Waals surface area contributed by atoms with Crippen molar-refractivity contribution in [1.29, 1.82) is 0 Å². The molecule has 0 aliphatic rings. The van der Waals surface area contributed by atoms with E-state index in [9.17, 15) is 13.2 Å². The van der Waals surface area contributed by atoms with Gasteiger partial charge in [0.15, 0.2) is 17.4 Å². The molecule has 118 valence electrons. The molecule has 0 saturated carbocycles. The van der Waals surface area contributed by atoms with E-state index in [4.69, 9.17) is 21.4 Å². The number of methoxy groups -OCH3 is 1. The van der Waals surface area contributed by atoms with Gasteiger partial charge in [0.2, 0.25) is 0 Å². The van der Waals surface area contributed by atoms with E-state index in [0.29, 0.717) is 0 Å². The molecule has 2 aromatic carbocycles. The Labute approximate surface area is 137 Å². The lowest BCUT2D eigenvalue weighted by molar-refractivity contribution is 0.389. The van der Waals surface area contributed by atoms with E-state index in [2.05, 4.69) is 14.7 Å². The first-order valence-corrected chi connectivity index (χ1v) is 6.53. The van der Waals surface area contributed by atoms with Crippen LogP contribution in [-0.4, -0.2) is 17.0 Å². The summed E-state index contributed by atoms with van der Waals surface area (Å²) in [4.78, 5) is 7.52. The van der Waals surface area contributed by atoms with Crippen molar-refractivity contribution in [3.8, 4) is 16.9 Å². The molecule has 1 aromatic heterocycles. The molecule has 0 atom stereocenters. The van der Waals surface area contributed by atoms with Crippen LogP contribution >= 0.6 is 11.6 Å². The van der Waals surface area contributed by atoms with Gasteiger partial charge in [0, 0.05) is 11.1 Å². The van der Waals surface area contributed by atoms with Gasteiger partial charge in [0.1, 0.15) is 23.0 Å². The minimum Gasteiger partial charge on any atom is -0.494 e. The summed E-state index contributed by atoms with van der Waals surface area (Å²) in [5.41, 5.74) is 5.22. The van der Waals surface area contributed by atoms with Crippen LogP contribution in [0.5, 0.6) is 5.75 Å². The third kappa shape index (κ3) is 2.33. The van der Waals surface area contributed by atoms with Crippen molar-refractivity contribution in [2.24, 2.45) is 0 Å². The zero-order valence-electron chi connectivity index (χ0n) is 14.2. The zero-order chi connectivity index (χ0) is 19.2. The average Bonchev–Trinajstić information content (AvgIpc) is 2.55. The van der Waals surface area contributed by atoms with Crippen LogP contribution in [0, 0.1) is 17.5 Å². The Balaban J connectivity index is 2.40. The second kappa shape index (κ2) is 5.58. The summed E-state index contributed by atoms with van der Waals surface area (Å²) in [5, 5.41) is -1.13. The molecule has 0 spiro atoms. The predicted octanol–water partition coefficient (Wildman–Crippen LogP) is 3.96. The van der Waals surface area contributed by atoms with Crippen molar-refractivity contribution < 1.29 is 22.0 Å².